The number of aliphatic carboxylic acids is 2. The summed E-state index contributed by atoms with van der Waals surface area (Å²) in [5.74, 6) is -1.83. The summed E-state index contributed by atoms with van der Waals surface area (Å²) >= 11 is 0. The molecule has 2 aliphatic heterocycles. The van der Waals surface area contributed by atoms with Gasteiger partial charge in [-0.05, 0) is 60.1 Å². The Hall–Kier alpha value is -1.74. The predicted octanol–water partition coefficient (Wildman–Crippen LogP) is 2.64. The molecule has 2 N–H and O–H groups in total. The van der Waals surface area contributed by atoms with Gasteiger partial charge in [0.2, 0.25) is 0 Å². The number of ether oxygens (including phenoxy) is 2. The Morgan fingerprint density at radius 3 is 1.87 bits per heavy atom. The van der Waals surface area contributed by atoms with Crippen LogP contribution in [0.2, 0.25) is 0 Å². The predicted molar refractivity (Wildman–Crippen MR) is 120 cm³/mol. The second kappa shape index (κ2) is 11.8. The van der Waals surface area contributed by atoms with Gasteiger partial charge in [-0.1, -0.05) is 0 Å². The summed E-state index contributed by atoms with van der Waals surface area (Å²) in [4.78, 5) is 25.6. The van der Waals surface area contributed by atoms with Crippen molar-refractivity contribution in [2.75, 3.05) is 39.4 Å². The molecule has 31 heavy (non-hydrogen) atoms. The number of hydrogen-bond acceptors (Lipinski definition) is 6. The second-order valence-corrected chi connectivity index (χ2v) is 9.93. The lowest BCUT2D eigenvalue weighted by molar-refractivity contribution is -0.132. The maximum atomic E-state index is 10.6. The van der Waals surface area contributed by atoms with Gasteiger partial charge in [-0.3, -0.25) is 9.80 Å². The first kappa shape index (κ1) is 27.3. The number of morpholine rings is 2. The summed E-state index contributed by atoms with van der Waals surface area (Å²) in [6, 6.07) is 0. The highest BCUT2D eigenvalue weighted by Gasteiger charge is 2.29. The number of carbonyl (C=O) groups is 2. The normalized spacial score (nSPS) is 24.5. The molecule has 0 radical (unpaired) electrons. The van der Waals surface area contributed by atoms with Crippen molar-refractivity contribution >= 4 is 11.9 Å². The molecule has 0 saturated carbocycles. The highest BCUT2D eigenvalue weighted by Crippen LogP contribution is 2.21. The van der Waals surface area contributed by atoms with Gasteiger partial charge < -0.3 is 19.7 Å². The van der Waals surface area contributed by atoms with Crippen LogP contribution >= 0.6 is 0 Å². The van der Waals surface area contributed by atoms with E-state index in [1.807, 2.05) is 6.92 Å². The Balaban J connectivity index is 0.000000311. The van der Waals surface area contributed by atoms with Crippen LogP contribution in [-0.4, -0.2) is 94.6 Å². The first-order chi connectivity index (χ1) is 14.2. The van der Waals surface area contributed by atoms with Crippen LogP contribution in [0.1, 0.15) is 48.5 Å². The zero-order valence-corrected chi connectivity index (χ0v) is 20.1. The van der Waals surface area contributed by atoms with Crippen LogP contribution in [0, 0.1) is 0 Å². The van der Waals surface area contributed by atoms with Gasteiger partial charge in [-0.25, -0.2) is 9.59 Å². The minimum Gasteiger partial charge on any atom is -0.478 e. The zero-order valence-electron chi connectivity index (χ0n) is 20.1. The molecule has 0 aliphatic carbocycles. The number of carboxylic acids is 2. The summed E-state index contributed by atoms with van der Waals surface area (Å²) in [6.45, 7) is 19.4. The van der Waals surface area contributed by atoms with E-state index in [0.29, 0.717) is 13.2 Å². The van der Waals surface area contributed by atoms with Gasteiger partial charge in [0.05, 0.1) is 25.4 Å². The smallest absolute Gasteiger partial charge is 0.328 e. The maximum absolute atomic E-state index is 10.6. The SMILES string of the molecule is C/C(=C\C(=O)O)[C@@H]1CN(C(C)(C)C)CCO1.CC(C)(C)N1CCO[C@H](/C=C/C(=O)O)C1. The first-order valence-corrected chi connectivity index (χ1v) is 10.8. The van der Waals surface area contributed by atoms with Crippen LogP contribution in [0.15, 0.2) is 23.8 Å². The molecule has 0 spiro atoms. The molecule has 2 saturated heterocycles. The van der Waals surface area contributed by atoms with Crippen LogP contribution < -0.4 is 0 Å². The Kier molecular flexibility index (Phi) is 10.4. The van der Waals surface area contributed by atoms with E-state index in [1.54, 1.807) is 6.08 Å². The minimum atomic E-state index is -0.925. The molecule has 2 fully saturated rings. The molecule has 2 heterocycles. The fourth-order valence-corrected chi connectivity index (χ4v) is 3.41. The molecule has 8 heteroatoms. The minimum absolute atomic E-state index is 0.0934. The standard InChI is InChI=1S/C12H21NO3.C11H19NO3/c1-9(7-11(14)15)10-8-13(5-6-16-10)12(2,3)4;1-11(2,3)12-6-7-15-9(8-12)4-5-10(13)14/h7,10H,5-6,8H2,1-4H3,(H,14,15);4-5,9H,6-8H2,1-3H3,(H,13,14)/b9-7+;5-4+/t10-;9-/m01/s1. The Morgan fingerprint density at radius 2 is 1.39 bits per heavy atom. The van der Waals surface area contributed by atoms with E-state index in [0.717, 1.165) is 37.8 Å². The van der Waals surface area contributed by atoms with E-state index in [9.17, 15) is 9.59 Å². The molecule has 0 aromatic rings. The summed E-state index contributed by atoms with van der Waals surface area (Å²) in [7, 11) is 0. The quantitative estimate of drug-likeness (QED) is 0.644. The summed E-state index contributed by atoms with van der Waals surface area (Å²) in [6.07, 6.45) is 3.80. The number of rotatable bonds is 4. The van der Waals surface area contributed by atoms with Gasteiger partial charge in [0.1, 0.15) is 0 Å². The van der Waals surface area contributed by atoms with Crippen LogP contribution in [0.4, 0.5) is 0 Å². The summed E-state index contributed by atoms with van der Waals surface area (Å²) in [5.41, 5.74) is 0.992. The third-order valence-corrected chi connectivity index (χ3v) is 5.37. The Morgan fingerprint density at radius 1 is 0.871 bits per heavy atom. The third-order valence-electron chi connectivity index (χ3n) is 5.37. The first-order valence-electron chi connectivity index (χ1n) is 10.8. The van der Waals surface area contributed by atoms with Crippen molar-refractivity contribution in [3.05, 3.63) is 23.8 Å². The maximum Gasteiger partial charge on any atom is 0.328 e. The van der Waals surface area contributed by atoms with Gasteiger partial charge in [0.25, 0.3) is 0 Å². The van der Waals surface area contributed by atoms with E-state index in [1.165, 1.54) is 6.08 Å². The lowest BCUT2D eigenvalue weighted by Gasteiger charge is -2.41. The average molecular weight is 441 g/mol. The van der Waals surface area contributed by atoms with Crippen molar-refractivity contribution in [3.8, 4) is 0 Å². The molecule has 178 valence electrons. The lowest BCUT2D eigenvalue weighted by Crippen LogP contribution is -2.51. The van der Waals surface area contributed by atoms with E-state index in [2.05, 4.69) is 51.3 Å². The van der Waals surface area contributed by atoms with E-state index in [4.69, 9.17) is 19.7 Å². The van der Waals surface area contributed by atoms with Gasteiger partial charge in [-0.15, -0.1) is 0 Å². The largest absolute Gasteiger partial charge is 0.478 e. The van der Waals surface area contributed by atoms with Crippen molar-refractivity contribution in [3.63, 3.8) is 0 Å². The molecular weight excluding hydrogens is 400 g/mol. The van der Waals surface area contributed by atoms with Crippen molar-refractivity contribution < 1.29 is 29.3 Å². The average Bonchev–Trinajstić information content (AvgIpc) is 2.65. The van der Waals surface area contributed by atoms with Crippen molar-refractivity contribution in [2.45, 2.75) is 71.8 Å². The highest BCUT2D eigenvalue weighted by atomic mass is 16.5. The second-order valence-electron chi connectivity index (χ2n) is 9.93. The number of nitrogens with zero attached hydrogens (tertiary/aromatic N) is 2. The Bertz CT molecular complexity index is 660. The molecule has 0 unspecified atom stereocenters. The number of hydrogen-bond donors (Lipinski definition) is 2. The van der Waals surface area contributed by atoms with E-state index < -0.39 is 11.9 Å². The van der Waals surface area contributed by atoms with Crippen molar-refractivity contribution in [2.24, 2.45) is 0 Å². The summed E-state index contributed by atoms with van der Waals surface area (Å²) < 4.78 is 11.1. The van der Waals surface area contributed by atoms with E-state index in [-0.39, 0.29) is 23.3 Å². The molecule has 2 atom stereocenters. The molecule has 0 aromatic carbocycles. The molecule has 0 amide bonds. The summed E-state index contributed by atoms with van der Waals surface area (Å²) in [5, 5.41) is 17.2. The van der Waals surface area contributed by atoms with Crippen LogP contribution in [0.25, 0.3) is 0 Å². The topological polar surface area (TPSA) is 99.5 Å². The van der Waals surface area contributed by atoms with Crippen LogP contribution in [-0.2, 0) is 19.1 Å². The van der Waals surface area contributed by atoms with Crippen LogP contribution in [0.3, 0.4) is 0 Å². The zero-order chi connectivity index (χ0) is 23.8. The van der Waals surface area contributed by atoms with Crippen molar-refractivity contribution in [1.29, 1.82) is 0 Å². The fraction of sp³-hybridized carbons (Fsp3) is 0.739. The van der Waals surface area contributed by atoms with Crippen LogP contribution in [0.5, 0.6) is 0 Å². The lowest BCUT2D eigenvalue weighted by atomic mass is 10.0. The van der Waals surface area contributed by atoms with Gasteiger partial charge >= 0.3 is 11.9 Å². The molecule has 0 aromatic heterocycles. The molecule has 8 nitrogen and oxygen atoms in total. The third kappa shape index (κ3) is 10.4. The monoisotopic (exact) mass is 440 g/mol. The van der Waals surface area contributed by atoms with Gasteiger partial charge in [0.15, 0.2) is 0 Å². The van der Waals surface area contributed by atoms with Crippen molar-refractivity contribution in [1.82, 2.24) is 9.80 Å². The number of carboxylic acid groups (broad SMARTS) is 2. The molecule has 0 bridgehead atoms. The highest BCUT2D eigenvalue weighted by molar-refractivity contribution is 5.80. The molecular formula is C23H40N2O6. The fourth-order valence-electron chi connectivity index (χ4n) is 3.41. The molecule has 2 aliphatic rings. The molecule has 2 rings (SSSR count). The van der Waals surface area contributed by atoms with Gasteiger partial charge in [-0.2, -0.15) is 0 Å². The van der Waals surface area contributed by atoms with E-state index >= 15 is 0 Å². The van der Waals surface area contributed by atoms with Gasteiger partial charge in [0, 0.05) is 49.4 Å². The Labute approximate surface area is 186 Å².